The third-order valence-electron chi connectivity index (χ3n) is 2.40. The number of aromatic hydroxyl groups is 1. The molecule has 2 aromatic carbocycles. The molecule has 0 fully saturated rings. The smallest absolute Gasteiger partial charge is 0.226 e. The fourth-order valence-corrected chi connectivity index (χ4v) is 1.48. The molecule has 0 aromatic heterocycles. The predicted molar refractivity (Wildman–Crippen MR) is 71.8 cm³/mol. The Morgan fingerprint density at radius 3 is 2.00 bits per heavy atom. The van der Waals surface area contributed by atoms with Crippen molar-refractivity contribution in [2.24, 2.45) is 0 Å². The van der Waals surface area contributed by atoms with Crippen LogP contribution in [0.3, 0.4) is 0 Å². The summed E-state index contributed by atoms with van der Waals surface area (Å²) in [4.78, 5) is 0. The van der Waals surface area contributed by atoms with E-state index in [9.17, 15) is 5.21 Å². The molecule has 0 unspecified atom stereocenters. The Balaban J connectivity index is 2.15. The van der Waals surface area contributed by atoms with Crippen molar-refractivity contribution in [1.82, 2.24) is 0 Å². The predicted octanol–water partition coefficient (Wildman–Crippen LogP) is 3.13. The van der Waals surface area contributed by atoms with Crippen LogP contribution in [0, 0.1) is 5.21 Å². The molecule has 0 saturated heterocycles. The second-order valence-electron chi connectivity index (χ2n) is 3.67. The van der Waals surface area contributed by atoms with E-state index in [0.717, 1.165) is 11.4 Å². The second-order valence-corrected chi connectivity index (χ2v) is 3.67. The minimum Gasteiger partial charge on any atom is -0.610 e. The molecule has 0 saturated carbocycles. The van der Waals surface area contributed by atoms with Crippen LogP contribution in [0.25, 0.3) is 0 Å². The van der Waals surface area contributed by atoms with Gasteiger partial charge >= 0.3 is 0 Å². The van der Waals surface area contributed by atoms with Gasteiger partial charge in [0.2, 0.25) is 5.69 Å². The maximum absolute atomic E-state index is 11.2. The molecule has 0 spiro atoms. The van der Waals surface area contributed by atoms with E-state index >= 15 is 0 Å². The van der Waals surface area contributed by atoms with Crippen LogP contribution in [0.2, 0.25) is 0 Å². The summed E-state index contributed by atoms with van der Waals surface area (Å²) in [5.74, 6) is 2.46. The van der Waals surface area contributed by atoms with E-state index in [4.69, 9.17) is 5.11 Å². The number of phenols is 1. The van der Waals surface area contributed by atoms with E-state index in [1.165, 1.54) is 0 Å². The highest BCUT2D eigenvalue weighted by Crippen LogP contribution is 2.21. The second kappa shape index (κ2) is 5.08. The van der Waals surface area contributed by atoms with Crippen LogP contribution in [0.5, 0.6) is 5.75 Å². The lowest BCUT2D eigenvalue weighted by atomic mass is 10.2. The summed E-state index contributed by atoms with van der Waals surface area (Å²) in [6.45, 7) is 3.28. The van der Waals surface area contributed by atoms with Gasteiger partial charge in [-0.05, 0) is 36.4 Å². The number of nitrogens with zero attached hydrogens (tertiary/aromatic N) is 1. The summed E-state index contributed by atoms with van der Waals surface area (Å²) in [6.07, 6.45) is 0. The number of nitrogens with one attached hydrogen (secondary N) is 1. The molecule has 2 rings (SSSR count). The van der Waals surface area contributed by atoms with E-state index in [2.05, 4.69) is 17.8 Å². The Bertz CT molecular complexity index is 582. The normalized spacial score (nSPS) is 9.56. The van der Waals surface area contributed by atoms with Crippen molar-refractivity contribution in [2.75, 3.05) is 5.32 Å². The lowest BCUT2D eigenvalue weighted by molar-refractivity contribution is -0.351. The van der Waals surface area contributed by atoms with Crippen LogP contribution < -0.4 is 5.32 Å². The third-order valence-corrected chi connectivity index (χ3v) is 2.40. The van der Waals surface area contributed by atoms with E-state index in [1.807, 2.05) is 0 Å². The Hall–Kier alpha value is -2.71. The lowest BCUT2D eigenvalue weighted by Crippen LogP contribution is -1.93. The first-order valence-electron chi connectivity index (χ1n) is 5.35. The zero-order chi connectivity index (χ0) is 13.0. The Morgan fingerprint density at radius 2 is 1.50 bits per heavy atom. The molecule has 18 heavy (non-hydrogen) atoms. The molecule has 0 radical (unpaired) electrons. The zero-order valence-electron chi connectivity index (χ0n) is 9.63. The van der Waals surface area contributed by atoms with Gasteiger partial charge in [-0.1, -0.05) is 0 Å². The number of phenolic OH excluding ortho intramolecular Hbond substituents is 1. The molecular formula is C14H12N2O2. The van der Waals surface area contributed by atoms with Crippen LogP contribution in [-0.4, -0.2) is 15.7 Å². The average molecular weight is 240 g/mol. The molecule has 0 aliphatic carbocycles. The summed E-state index contributed by atoms with van der Waals surface area (Å²) in [7, 11) is 0. The molecule has 0 atom stereocenters. The molecule has 4 nitrogen and oxygen atoms in total. The maximum atomic E-state index is 11.2. The largest absolute Gasteiger partial charge is 0.610 e. The highest BCUT2D eigenvalue weighted by molar-refractivity contribution is 5.61. The fraction of sp³-hybridized carbons (Fsp3) is 0. The number of rotatable bonds is 3. The Labute approximate surface area is 105 Å². The standard InChI is InChI=1S/C14H12N2O2/c1-2-16(18)13-7-3-11(4-8-13)15-12-5-9-14(17)10-6-12/h3-10,15,17H,1H2. The SMILES string of the molecule is C=C=[N+]([O-])c1ccc(Nc2ccc(O)cc2)cc1. The maximum Gasteiger partial charge on any atom is 0.226 e. The molecule has 0 heterocycles. The fourth-order valence-electron chi connectivity index (χ4n) is 1.48. The molecule has 0 aliphatic rings. The van der Waals surface area contributed by atoms with Crippen LogP contribution in [-0.2, 0) is 0 Å². The summed E-state index contributed by atoms with van der Waals surface area (Å²) >= 11 is 0. The zero-order valence-corrected chi connectivity index (χ0v) is 9.63. The lowest BCUT2D eigenvalue weighted by Gasteiger charge is -2.06. The van der Waals surface area contributed by atoms with Crippen molar-refractivity contribution in [1.29, 1.82) is 0 Å². The van der Waals surface area contributed by atoms with Gasteiger partial charge in [0.15, 0.2) is 5.87 Å². The van der Waals surface area contributed by atoms with Gasteiger partial charge in [-0.3, -0.25) is 0 Å². The minimum atomic E-state index is 0.222. The van der Waals surface area contributed by atoms with Gasteiger partial charge in [0.05, 0.1) is 0 Å². The van der Waals surface area contributed by atoms with Gasteiger partial charge in [-0.25, -0.2) is 0 Å². The number of hydrogen-bond donors (Lipinski definition) is 2. The van der Waals surface area contributed by atoms with Crippen LogP contribution >= 0.6 is 0 Å². The van der Waals surface area contributed by atoms with Gasteiger partial charge in [-0.2, -0.15) is 0 Å². The Kier molecular flexibility index (Phi) is 3.32. The van der Waals surface area contributed by atoms with Crippen molar-refractivity contribution in [3.8, 4) is 5.75 Å². The molecule has 2 N–H and O–H groups in total. The van der Waals surface area contributed by atoms with E-state index in [1.54, 1.807) is 48.5 Å². The molecule has 2 aromatic rings. The first kappa shape index (κ1) is 11.8. The van der Waals surface area contributed by atoms with Gasteiger partial charge in [-0.15, -0.1) is 4.74 Å². The van der Waals surface area contributed by atoms with Gasteiger partial charge in [0, 0.05) is 30.1 Å². The monoisotopic (exact) mass is 240 g/mol. The van der Waals surface area contributed by atoms with Gasteiger partial charge in [0.25, 0.3) is 0 Å². The number of hydrogen-bond acceptors (Lipinski definition) is 3. The quantitative estimate of drug-likeness (QED) is 0.285. The van der Waals surface area contributed by atoms with Crippen molar-refractivity contribution in [3.05, 3.63) is 60.3 Å². The van der Waals surface area contributed by atoms with Crippen molar-refractivity contribution < 1.29 is 9.85 Å². The summed E-state index contributed by atoms with van der Waals surface area (Å²) < 4.78 is 0.574. The molecule has 0 amide bonds. The highest BCUT2D eigenvalue weighted by Gasteiger charge is 2.00. The molecule has 0 bridgehead atoms. The minimum absolute atomic E-state index is 0.222. The molecule has 90 valence electrons. The first-order valence-corrected chi connectivity index (χ1v) is 5.35. The topological polar surface area (TPSA) is 58.3 Å². The van der Waals surface area contributed by atoms with E-state index < -0.39 is 0 Å². The van der Waals surface area contributed by atoms with Crippen molar-refractivity contribution in [3.63, 3.8) is 0 Å². The molecular weight excluding hydrogens is 228 g/mol. The van der Waals surface area contributed by atoms with Crippen LogP contribution in [0.15, 0.2) is 55.1 Å². The Morgan fingerprint density at radius 1 is 1.00 bits per heavy atom. The van der Waals surface area contributed by atoms with Crippen molar-refractivity contribution >= 4 is 22.9 Å². The average Bonchev–Trinajstić information content (AvgIpc) is 2.41. The van der Waals surface area contributed by atoms with E-state index in [0.29, 0.717) is 10.4 Å². The van der Waals surface area contributed by atoms with Crippen molar-refractivity contribution in [2.45, 2.75) is 0 Å². The van der Waals surface area contributed by atoms with Gasteiger partial charge in [0.1, 0.15) is 5.75 Å². The van der Waals surface area contributed by atoms with Crippen LogP contribution in [0.1, 0.15) is 0 Å². The molecule has 0 aliphatic heterocycles. The number of anilines is 2. The highest BCUT2D eigenvalue weighted by atomic mass is 16.5. The van der Waals surface area contributed by atoms with Gasteiger partial charge < -0.3 is 15.6 Å². The third kappa shape index (κ3) is 2.70. The summed E-state index contributed by atoms with van der Waals surface area (Å²) in [5, 5.41) is 23.5. The molecule has 4 heteroatoms. The first-order chi connectivity index (χ1) is 8.69. The summed E-state index contributed by atoms with van der Waals surface area (Å²) in [5.41, 5.74) is 2.18. The summed E-state index contributed by atoms with van der Waals surface area (Å²) in [6, 6.07) is 13.6. The van der Waals surface area contributed by atoms with Crippen LogP contribution in [0.4, 0.5) is 17.1 Å². The number of benzene rings is 2. The van der Waals surface area contributed by atoms with E-state index in [-0.39, 0.29) is 5.75 Å².